The molecular weight excluding hydrogens is 200 g/mol. The van der Waals surface area contributed by atoms with E-state index >= 15 is 0 Å². The van der Waals surface area contributed by atoms with Crippen molar-refractivity contribution in [1.29, 1.82) is 0 Å². The summed E-state index contributed by atoms with van der Waals surface area (Å²) in [6.07, 6.45) is 0. The van der Waals surface area contributed by atoms with Crippen molar-refractivity contribution in [3.63, 3.8) is 0 Å². The lowest BCUT2D eigenvalue weighted by atomic mass is 10.1. The van der Waals surface area contributed by atoms with Crippen molar-refractivity contribution in [3.05, 3.63) is 35.4 Å². The number of hydrogen-bond donors (Lipinski definition) is 1. The third-order valence-electron chi connectivity index (χ3n) is 2.95. The van der Waals surface area contributed by atoms with Gasteiger partial charge in [0.1, 0.15) is 0 Å². The number of benzene rings is 1. The fourth-order valence-corrected chi connectivity index (χ4v) is 2.03. The van der Waals surface area contributed by atoms with E-state index in [2.05, 4.69) is 34.5 Å². The maximum absolute atomic E-state index is 5.53. The molecule has 0 atom stereocenters. The number of nitrogens with one attached hydrogen (secondary N) is 1. The first-order valence-electron chi connectivity index (χ1n) is 5.91. The summed E-state index contributed by atoms with van der Waals surface area (Å²) >= 11 is 0. The van der Waals surface area contributed by atoms with Gasteiger partial charge in [0, 0.05) is 26.2 Å². The third kappa shape index (κ3) is 3.04. The molecule has 3 heteroatoms. The molecule has 0 bridgehead atoms. The quantitative estimate of drug-likeness (QED) is 0.730. The largest absolute Gasteiger partial charge is 0.379 e. The van der Waals surface area contributed by atoms with Gasteiger partial charge in [0.05, 0.1) is 13.2 Å². The van der Waals surface area contributed by atoms with Crippen molar-refractivity contribution in [2.45, 2.75) is 13.1 Å². The van der Waals surface area contributed by atoms with E-state index in [0.717, 1.165) is 39.4 Å². The van der Waals surface area contributed by atoms with E-state index in [1.54, 1.807) is 0 Å². The number of likely N-dealkylation sites (N-methyl/N-ethyl adjacent to an activating group) is 1. The Morgan fingerprint density at radius 3 is 2.50 bits per heavy atom. The van der Waals surface area contributed by atoms with E-state index in [-0.39, 0.29) is 0 Å². The van der Waals surface area contributed by atoms with E-state index in [0.29, 0.717) is 0 Å². The zero-order chi connectivity index (χ0) is 11.2. The molecule has 1 aliphatic heterocycles. The van der Waals surface area contributed by atoms with Crippen molar-refractivity contribution >= 4 is 0 Å². The Hall–Kier alpha value is -0.900. The smallest absolute Gasteiger partial charge is 0.0594 e. The molecule has 0 radical (unpaired) electrons. The average Bonchev–Trinajstić information content (AvgIpc) is 2.71. The summed E-state index contributed by atoms with van der Waals surface area (Å²) in [6, 6.07) is 8.67. The Balaban J connectivity index is 1.67. The van der Waals surface area contributed by atoms with Crippen LogP contribution < -0.4 is 5.32 Å². The first-order valence-corrected chi connectivity index (χ1v) is 5.91. The Morgan fingerprint density at radius 2 is 1.88 bits per heavy atom. The van der Waals surface area contributed by atoms with Gasteiger partial charge in [-0.15, -0.1) is 0 Å². The Kier molecular flexibility index (Phi) is 4.34. The topological polar surface area (TPSA) is 24.5 Å². The van der Waals surface area contributed by atoms with Crippen LogP contribution in [0.2, 0.25) is 0 Å². The second-order valence-electron chi connectivity index (χ2n) is 4.20. The van der Waals surface area contributed by atoms with Crippen LogP contribution >= 0.6 is 0 Å². The molecule has 1 aromatic rings. The summed E-state index contributed by atoms with van der Waals surface area (Å²) in [4.78, 5) is 2.43. The fourth-order valence-electron chi connectivity index (χ4n) is 2.03. The number of hydrogen-bond acceptors (Lipinski definition) is 3. The molecule has 0 fully saturated rings. The molecule has 0 unspecified atom stereocenters. The maximum Gasteiger partial charge on any atom is 0.0594 e. The van der Waals surface area contributed by atoms with E-state index in [1.165, 1.54) is 11.1 Å². The average molecular weight is 220 g/mol. The van der Waals surface area contributed by atoms with Gasteiger partial charge in [-0.1, -0.05) is 24.3 Å². The van der Waals surface area contributed by atoms with Crippen LogP contribution in [-0.2, 0) is 17.8 Å². The summed E-state index contributed by atoms with van der Waals surface area (Å²) in [5.41, 5.74) is 2.94. The molecule has 16 heavy (non-hydrogen) atoms. The van der Waals surface area contributed by atoms with Gasteiger partial charge < -0.3 is 10.1 Å². The number of fused-ring (bicyclic) bond motifs is 1. The molecule has 0 spiro atoms. The molecule has 0 saturated carbocycles. The molecule has 88 valence electrons. The minimum absolute atomic E-state index is 0.803. The number of nitrogens with zero attached hydrogens (tertiary/aromatic N) is 1. The van der Waals surface area contributed by atoms with Crippen LogP contribution in [0.25, 0.3) is 0 Å². The lowest BCUT2D eigenvalue weighted by molar-refractivity contribution is 0.105. The van der Waals surface area contributed by atoms with Crippen LogP contribution in [-0.4, -0.2) is 38.3 Å². The van der Waals surface area contributed by atoms with Crippen molar-refractivity contribution in [3.8, 4) is 0 Å². The molecule has 0 aromatic heterocycles. The summed E-state index contributed by atoms with van der Waals surface area (Å²) in [5.74, 6) is 0. The van der Waals surface area contributed by atoms with Gasteiger partial charge in [0.15, 0.2) is 0 Å². The lowest BCUT2D eigenvalue weighted by Crippen LogP contribution is -2.23. The van der Waals surface area contributed by atoms with Crippen LogP contribution in [0.4, 0.5) is 0 Å². The van der Waals surface area contributed by atoms with Gasteiger partial charge in [0.2, 0.25) is 0 Å². The Labute approximate surface area is 97.4 Å². The molecule has 0 aliphatic carbocycles. The van der Waals surface area contributed by atoms with Gasteiger partial charge in [-0.3, -0.25) is 4.90 Å². The molecule has 2 rings (SSSR count). The first kappa shape index (κ1) is 11.6. The van der Waals surface area contributed by atoms with E-state index in [9.17, 15) is 0 Å². The summed E-state index contributed by atoms with van der Waals surface area (Å²) in [7, 11) is 1.94. The molecule has 1 aliphatic rings. The Bertz CT molecular complexity index is 302. The van der Waals surface area contributed by atoms with Crippen LogP contribution in [0.5, 0.6) is 0 Å². The first-order chi connectivity index (χ1) is 7.90. The fraction of sp³-hybridized carbons (Fsp3) is 0.538. The Morgan fingerprint density at radius 1 is 1.19 bits per heavy atom. The second kappa shape index (κ2) is 5.99. The molecule has 1 heterocycles. The standard InChI is InChI=1S/C13H20N2O/c1-14-6-8-16-9-7-15-10-12-4-2-3-5-13(12)11-15/h2-5,14H,6-11H2,1H3. The molecular formula is C13H20N2O. The SMILES string of the molecule is CNCCOCCN1Cc2ccccc2C1. The summed E-state index contributed by atoms with van der Waals surface area (Å²) < 4.78 is 5.53. The third-order valence-corrected chi connectivity index (χ3v) is 2.95. The summed E-state index contributed by atoms with van der Waals surface area (Å²) in [6.45, 7) is 5.74. The highest BCUT2D eigenvalue weighted by Gasteiger charge is 2.17. The lowest BCUT2D eigenvalue weighted by Gasteiger charge is -2.14. The summed E-state index contributed by atoms with van der Waals surface area (Å²) in [5, 5.41) is 3.07. The number of ether oxygens (including phenoxy) is 1. The van der Waals surface area contributed by atoms with Crippen LogP contribution in [0.3, 0.4) is 0 Å². The van der Waals surface area contributed by atoms with Crippen molar-refractivity contribution < 1.29 is 4.74 Å². The number of rotatable bonds is 6. The molecule has 0 amide bonds. The van der Waals surface area contributed by atoms with E-state index in [4.69, 9.17) is 4.74 Å². The zero-order valence-corrected chi connectivity index (χ0v) is 9.91. The normalized spacial score (nSPS) is 15.3. The minimum atomic E-state index is 0.803. The second-order valence-corrected chi connectivity index (χ2v) is 4.20. The van der Waals surface area contributed by atoms with Crippen molar-refractivity contribution in [2.75, 3.05) is 33.4 Å². The predicted octanol–water partition coefficient (Wildman–Crippen LogP) is 1.24. The van der Waals surface area contributed by atoms with Gasteiger partial charge in [-0.2, -0.15) is 0 Å². The van der Waals surface area contributed by atoms with Crippen molar-refractivity contribution in [1.82, 2.24) is 10.2 Å². The van der Waals surface area contributed by atoms with Gasteiger partial charge in [0.25, 0.3) is 0 Å². The van der Waals surface area contributed by atoms with Gasteiger partial charge in [-0.25, -0.2) is 0 Å². The van der Waals surface area contributed by atoms with Crippen LogP contribution in [0.15, 0.2) is 24.3 Å². The maximum atomic E-state index is 5.53. The molecule has 0 saturated heterocycles. The molecule has 3 nitrogen and oxygen atoms in total. The highest BCUT2D eigenvalue weighted by atomic mass is 16.5. The molecule has 1 N–H and O–H groups in total. The van der Waals surface area contributed by atoms with E-state index < -0.39 is 0 Å². The van der Waals surface area contributed by atoms with Gasteiger partial charge >= 0.3 is 0 Å². The van der Waals surface area contributed by atoms with Crippen molar-refractivity contribution in [2.24, 2.45) is 0 Å². The van der Waals surface area contributed by atoms with E-state index in [1.807, 2.05) is 7.05 Å². The highest BCUT2D eigenvalue weighted by Crippen LogP contribution is 2.21. The minimum Gasteiger partial charge on any atom is -0.379 e. The zero-order valence-electron chi connectivity index (χ0n) is 9.91. The van der Waals surface area contributed by atoms with Crippen LogP contribution in [0, 0.1) is 0 Å². The highest BCUT2D eigenvalue weighted by molar-refractivity contribution is 5.30. The predicted molar refractivity (Wildman–Crippen MR) is 65.3 cm³/mol. The van der Waals surface area contributed by atoms with Gasteiger partial charge in [-0.05, 0) is 18.2 Å². The monoisotopic (exact) mass is 220 g/mol. The van der Waals surface area contributed by atoms with Crippen LogP contribution in [0.1, 0.15) is 11.1 Å². The molecule has 1 aromatic carbocycles.